The summed E-state index contributed by atoms with van der Waals surface area (Å²) < 4.78 is 5.00. The molecule has 0 bridgehead atoms. The molecule has 2 rings (SSSR count). The zero-order valence-electron chi connectivity index (χ0n) is 14.8. The zero-order valence-corrected chi connectivity index (χ0v) is 14.8. The molecule has 2 fully saturated rings. The molecule has 0 saturated carbocycles. The van der Waals surface area contributed by atoms with Gasteiger partial charge in [0.15, 0.2) is 0 Å². The van der Waals surface area contributed by atoms with Crippen LogP contribution in [0.25, 0.3) is 0 Å². The molecule has 136 valence electrons. The second kappa shape index (κ2) is 8.89. The number of nitrogens with one attached hydrogen (secondary N) is 1. The van der Waals surface area contributed by atoms with Crippen molar-refractivity contribution in [1.82, 2.24) is 15.1 Å². The highest BCUT2D eigenvalue weighted by Crippen LogP contribution is 2.19. The molecule has 0 aliphatic carbocycles. The highest BCUT2D eigenvalue weighted by atomic mass is 16.6. The molecular formula is C17H29N3O4. The molecule has 2 saturated heterocycles. The standard InChI is InChI=1S/C17H29N3O4/c1-3-15(21)19-9-5-13(6-10-19)16(22)18-14-7-11-20(12-8-14)17(23)24-4-2/h13-14H,3-12H2,1-2H3,(H,18,22). The molecular weight excluding hydrogens is 310 g/mol. The second-order valence-electron chi connectivity index (χ2n) is 6.48. The number of carbonyl (C=O) groups is 3. The smallest absolute Gasteiger partial charge is 0.409 e. The minimum Gasteiger partial charge on any atom is -0.450 e. The summed E-state index contributed by atoms with van der Waals surface area (Å²) in [7, 11) is 0. The Kier molecular flexibility index (Phi) is 6.87. The first-order valence-electron chi connectivity index (χ1n) is 9.05. The van der Waals surface area contributed by atoms with Crippen LogP contribution in [0.2, 0.25) is 0 Å². The van der Waals surface area contributed by atoms with Gasteiger partial charge in [0.2, 0.25) is 11.8 Å². The van der Waals surface area contributed by atoms with Crippen molar-refractivity contribution in [2.45, 2.75) is 52.0 Å². The van der Waals surface area contributed by atoms with Crippen molar-refractivity contribution in [1.29, 1.82) is 0 Å². The van der Waals surface area contributed by atoms with Crippen molar-refractivity contribution in [3.63, 3.8) is 0 Å². The van der Waals surface area contributed by atoms with Crippen molar-refractivity contribution in [3.8, 4) is 0 Å². The second-order valence-corrected chi connectivity index (χ2v) is 6.48. The molecule has 0 aromatic rings. The third-order valence-electron chi connectivity index (χ3n) is 4.89. The Morgan fingerprint density at radius 1 is 0.958 bits per heavy atom. The van der Waals surface area contributed by atoms with Crippen molar-refractivity contribution >= 4 is 17.9 Å². The molecule has 0 aromatic heterocycles. The van der Waals surface area contributed by atoms with E-state index in [0.717, 1.165) is 25.7 Å². The first-order chi connectivity index (χ1) is 11.5. The Morgan fingerprint density at radius 2 is 1.54 bits per heavy atom. The summed E-state index contributed by atoms with van der Waals surface area (Å²) in [6, 6.07) is 0.124. The molecule has 0 radical (unpaired) electrons. The number of hydrogen-bond acceptors (Lipinski definition) is 4. The molecule has 0 unspecified atom stereocenters. The lowest BCUT2D eigenvalue weighted by molar-refractivity contribution is -0.135. The average Bonchev–Trinajstić information content (AvgIpc) is 2.62. The Balaban J connectivity index is 1.71. The molecule has 2 aliphatic rings. The summed E-state index contributed by atoms with van der Waals surface area (Å²) in [6.07, 6.45) is 3.25. The summed E-state index contributed by atoms with van der Waals surface area (Å²) in [5.74, 6) is 0.252. The van der Waals surface area contributed by atoms with E-state index in [2.05, 4.69) is 5.32 Å². The molecule has 7 heteroatoms. The molecule has 7 nitrogen and oxygen atoms in total. The number of nitrogens with zero attached hydrogens (tertiary/aromatic N) is 2. The van der Waals surface area contributed by atoms with Crippen LogP contribution in [0.5, 0.6) is 0 Å². The summed E-state index contributed by atoms with van der Waals surface area (Å²) in [4.78, 5) is 39.3. The van der Waals surface area contributed by atoms with Crippen LogP contribution in [0.1, 0.15) is 46.0 Å². The Hall–Kier alpha value is -1.79. The maximum atomic E-state index is 12.4. The van der Waals surface area contributed by atoms with Crippen LogP contribution in [0, 0.1) is 5.92 Å². The van der Waals surface area contributed by atoms with Crippen LogP contribution < -0.4 is 5.32 Å². The fraction of sp³-hybridized carbons (Fsp3) is 0.824. The van der Waals surface area contributed by atoms with Gasteiger partial charge in [-0.3, -0.25) is 9.59 Å². The van der Waals surface area contributed by atoms with Gasteiger partial charge in [-0.25, -0.2) is 4.79 Å². The van der Waals surface area contributed by atoms with Crippen LogP contribution in [0.4, 0.5) is 4.79 Å². The van der Waals surface area contributed by atoms with Crippen LogP contribution in [0.3, 0.4) is 0 Å². The van der Waals surface area contributed by atoms with Crippen molar-refractivity contribution in [2.75, 3.05) is 32.8 Å². The van der Waals surface area contributed by atoms with E-state index in [9.17, 15) is 14.4 Å². The Bertz CT molecular complexity index is 453. The van der Waals surface area contributed by atoms with E-state index in [1.807, 2.05) is 11.8 Å². The highest BCUT2D eigenvalue weighted by molar-refractivity contribution is 5.80. The zero-order chi connectivity index (χ0) is 17.5. The van der Waals surface area contributed by atoms with E-state index in [0.29, 0.717) is 39.2 Å². The molecule has 2 aliphatic heterocycles. The minimum atomic E-state index is -0.268. The summed E-state index contributed by atoms with van der Waals surface area (Å²) in [6.45, 7) is 6.63. The SMILES string of the molecule is CCOC(=O)N1CCC(NC(=O)C2CCN(C(=O)CC)CC2)CC1. The van der Waals surface area contributed by atoms with Gasteiger partial charge in [0.05, 0.1) is 6.61 Å². The van der Waals surface area contributed by atoms with Crippen LogP contribution in [-0.2, 0) is 14.3 Å². The monoisotopic (exact) mass is 339 g/mol. The lowest BCUT2D eigenvalue weighted by atomic mass is 9.94. The number of piperidine rings is 2. The van der Waals surface area contributed by atoms with E-state index < -0.39 is 0 Å². The van der Waals surface area contributed by atoms with Crippen LogP contribution in [-0.4, -0.2) is 66.5 Å². The predicted molar refractivity (Wildman–Crippen MR) is 89.4 cm³/mol. The normalized spacial score (nSPS) is 19.9. The van der Waals surface area contributed by atoms with Gasteiger partial charge >= 0.3 is 6.09 Å². The Labute approximate surface area is 143 Å². The number of amides is 3. The number of rotatable bonds is 4. The summed E-state index contributed by atoms with van der Waals surface area (Å²) in [5, 5.41) is 3.12. The van der Waals surface area contributed by atoms with Gasteiger partial charge < -0.3 is 19.9 Å². The first kappa shape index (κ1) is 18.5. The summed E-state index contributed by atoms with van der Waals surface area (Å²) in [5.41, 5.74) is 0. The third-order valence-corrected chi connectivity index (χ3v) is 4.89. The van der Waals surface area contributed by atoms with Gasteiger partial charge in [-0.15, -0.1) is 0 Å². The molecule has 0 aromatic carbocycles. The van der Waals surface area contributed by atoms with E-state index in [1.54, 1.807) is 11.8 Å². The van der Waals surface area contributed by atoms with Gasteiger partial charge in [-0.1, -0.05) is 6.92 Å². The average molecular weight is 339 g/mol. The molecule has 3 amide bonds. The van der Waals surface area contributed by atoms with Crippen molar-refractivity contribution < 1.29 is 19.1 Å². The highest BCUT2D eigenvalue weighted by Gasteiger charge is 2.30. The van der Waals surface area contributed by atoms with Gasteiger partial charge in [-0.05, 0) is 32.6 Å². The molecule has 0 atom stereocenters. The predicted octanol–water partition coefficient (Wildman–Crippen LogP) is 1.37. The molecule has 24 heavy (non-hydrogen) atoms. The molecule has 2 heterocycles. The van der Waals surface area contributed by atoms with Crippen molar-refractivity contribution in [3.05, 3.63) is 0 Å². The number of ether oxygens (including phenoxy) is 1. The third kappa shape index (κ3) is 4.85. The largest absolute Gasteiger partial charge is 0.450 e. The lowest BCUT2D eigenvalue weighted by Gasteiger charge is -2.34. The quantitative estimate of drug-likeness (QED) is 0.839. The number of likely N-dealkylation sites (tertiary alicyclic amines) is 2. The fourth-order valence-electron chi connectivity index (χ4n) is 3.35. The first-order valence-corrected chi connectivity index (χ1v) is 9.05. The van der Waals surface area contributed by atoms with E-state index in [4.69, 9.17) is 4.74 Å². The van der Waals surface area contributed by atoms with Gasteiger partial charge in [0.25, 0.3) is 0 Å². The van der Waals surface area contributed by atoms with E-state index in [-0.39, 0.29) is 29.9 Å². The maximum absolute atomic E-state index is 12.4. The Morgan fingerprint density at radius 3 is 2.08 bits per heavy atom. The van der Waals surface area contributed by atoms with E-state index in [1.165, 1.54) is 0 Å². The van der Waals surface area contributed by atoms with E-state index >= 15 is 0 Å². The van der Waals surface area contributed by atoms with Gasteiger partial charge in [0.1, 0.15) is 0 Å². The number of carbonyl (C=O) groups excluding carboxylic acids is 3. The topological polar surface area (TPSA) is 79.0 Å². The minimum absolute atomic E-state index is 0.00556. The van der Waals surface area contributed by atoms with Crippen LogP contribution >= 0.6 is 0 Å². The van der Waals surface area contributed by atoms with Crippen molar-refractivity contribution in [2.24, 2.45) is 5.92 Å². The lowest BCUT2D eigenvalue weighted by Crippen LogP contribution is -2.49. The van der Waals surface area contributed by atoms with Gasteiger partial charge in [-0.2, -0.15) is 0 Å². The summed E-state index contributed by atoms with van der Waals surface area (Å²) >= 11 is 0. The molecule has 0 spiro atoms. The molecule has 1 N–H and O–H groups in total. The van der Waals surface area contributed by atoms with Crippen LogP contribution in [0.15, 0.2) is 0 Å². The number of hydrogen-bond donors (Lipinski definition) is 1. The fourth-order valence-corrected chi connectivity index (χ4v) is 3.35. The van der Waals surface area contributed by atoms with Gasteiger partial charge in [0, 0.05) is 44.6 Å². The maximum Gasteiger partial charge on any atom is 0.409 e.